The van der Waals surface area contributed by atoms with Gasteiger partial charge in [-0.15, -0.1) is 0 Å². The van der Waals surface area contributed by atoms with Crippen LogP contribution in [0.5, 0.6) is 5.75 Å². The zero-order valence-corrected chi connectivity index (χ0v) is 14.6. The smallest absolute Gasteiger partial charge is 0.119 e. The highest BCUT2D eigenvalue weighted by Crippen LogP contribution is 2.33. The van der Waals surface area contributed by atoms with Crippen LogP contribution in [0.25, 0.3) is 0 Å². The van der Waals surface area contributed by atoms with Gasteiger partial charge in [0.1, 0.15) is 5.75 Å². The maximum atomic E-state index is 10.2. The number of aromatic hydroxyl groups is 1. The third kappa shape index (κ3) is 3.42. The molecule has 2 N–H and O–H groups in total. The van der Waals surface area contributed by atoms with E-state index in [9.17, 15) is 5.11 Å². The van der Waals surface area contributed by atoms with Crippen molar-refractivity contribution in [2.75, 3.05) is 0 Å². The van der Waals surface area contributed by atoms with E-state index in [4.69, 9.17) is 0 Å². The van der Waals surface area contributed by atoms with E-state index in [0.717, 1.165) is 30.5 Å². The van der Waals surface area contributed by atoms with Crippen molar-refractivity contribution in [2.24, 2.45) is 0 Å². The second-order valence-corrected chi connectivity index (χ2v) is 7.80. The summed E-state index contributed by atoms with van der Waals surface area (Å²) in [5.41, 5.74) is 6.36. The molecule has 0 fully saturated rings. The first kappa shape index (κ1) is 16.1. The first-order valence-corrected chi connectivity index (χ1v) is 8.48. The minimum atomic E-state index is -0.0455. The van der Waals surface area contributed by atoms with Crippen LogP contribution in [0.15, 0.2) is 36.4 Å². The van der Waals surface area contributed by atoms with Gasteiger partial charge in [0, 0.05) is 12.6 Å². The standard InChI is InChI=1S/C21H27NO/c1-14-9-20(23)19(21(2,3)4)12-17(14)13-22-18-10-15-7-5-6-8-16(15)11-18/h5-9,12,18,22-23H,10-11,13H2,1-4H3. The van der Waals surface area contributed by atoms with Crippen LogP contribution in [0.3, 0.4) is 0 Å². The van der Waals surface area contributed by atoms with E-state index in [2.05, 4.69) is 63.3 Å². The van der Waals surface area contributed by atoms with Crippen molar-refractivity contribution < 1.29 is 5.11 Å². The first-order valence-electron chi connectivity index (χ1n) is 8.48. The van der Waals surface area contributed by atoms with Crippen LogP contribution in [0.1, 0.15) is 48.6 Å². The summed E-state index contributed by atoms with van der Waals surface area (Å²) in [6.07, 6.45) is 2.22. The van der Waals surface area contributed by atoms with E-state index in [1.54, 1.807) is 0 Å². The number of phenolic OH excluding ortho intramolecular Hbond substituents is 1. The van der Waals surface area contributed by atoms with Gasteiger partial charge in [-0.2, -0.15) is 0 Å². The lowest BCUT2D eigenvalue weighted by molar-refractivity contribution is 0.445. The minimum Gasteiger partial charge on any atom is -0.508 e. The van der Waals surface area contributed by atoms with Crippen molar-refractivity contribution in [3.8, 4) is 5.75 Å². The Labute approximate surface area is 139 Å². The van der Waals surface area contributed by atoms with Gasteiger partial charge < -0.3 is 10.4 Å². The topological polar surface area (TPSA) is 32.3 Å². The molecule has 0 spiro atoms. The molecule has 0 aromatic heterocycles. The van der Waals surface area contributed by atoms with Gasteiger partial charge in [-0.25, -0.2) is 0 Å². The Morgan fingerprint density at radius 3 is 2.26 bits per heavy atom. The Morgan fingerprint density at radius 1 is 1.09 bits per heavy atom. The molecule has 2 nitrogen and oxygen atoms in total. The first-order chi connectivity index (χ1) is 10.8. The average molecular weight is 309 g/mol. The number of fused-ring (bicyclic) bond motifs is 1. The highest BCUT2D eigenvalue weighted by molar-refractivity contribution is 5.45. The number of aryl methyl sites for hydroxylation is 1. The summed E-state index contributed by atoms with van der Waals surface area (Å²) >= 11 is 0. The lowest BCUT2D eigenvalue weighted by Crippen LogP contribution is -2.29. The van der Waals surface area contributed by atoms with Crippen LogP contribution in [0.2, 0.25) is 0 Å². The highest BCUT2D eigenvalue weighted by atomic mass is 16.3. The van der Waals surface area contributed by atoms with Crippen LogP contribution >= 0.6 is 0 Å². The quantitative estimate of drug-likeness (QED) is 0.888. The molecule has 2 aromatic rings. The fourth-order valence-electron chi connectivity index (χ4n) is 3.49. The molecule has 1 aliphatic carbocycles. The van der Waals surface area contributed by atoms with Gasteiger partial charge in [0.15, 0.2) is 0 Å². The zero-order chi connectivity index (χ0) is 16.6. The number of rotatable bonds is 3. The van der Waals surface area contributed by atoms with Gasteiger partial charge in [-0.05, 0) is 59.1 Å². The van der Waals surface area contributed by atoms with Crippen LogP contribution in [-0.2, 0) is 24.8 Å². The maximum absolute atomic E-state index is 10.2. The third-order valence-electron chi connectivity index (χ3n) is 4.89. The van der Waals surface area contributed by atoms with Crippen molar-refractivity contribution in [3.05, 3.63) is 64.2 Å². The second-order valence-electron chi connectivity index (χ2n) is 7.80. The molecule has 2 heteroatoms. The Hall–Kier alpha value is -1.80. The van der Waals surface area contributed by atoms with Crippen molar-refractivity contribution in [2.45, 2.75) is 58.5 Å². The summed E-state index contributed by atoms with van der Waals surface area (Å²) in [7, 11) is 0. The van der Waals surface area contributed by atoms with Crippen molar-refractivity contribution in [1.82, 2.24) is 5.32 Å². The van der Waals surface area contributed by atoms with Gasteiger partial charge in [-0.1, -0.05) is 51.1 Å². The summed E-state index contributed by atoms with van der Waals surface area (Å²) in [5, 5.41) is 13.9. The van der Waals surface area contributed by atoms with Gasteiger partial charge in [0.2, 0.25) is 0 Å². The molecule has 0 aliphatic heterocycles. The van der Waals surface area contributed by atoms with E-state index in [0.29, 0.717) is 11.8 Å². The van der Waals surface area contributed by atoms with E-state index >= 15 is 0 Å². The van der Waals surface area contributed by atoms with Crippen LogP contribution in [-0.4, -0.2) is 11.1 Å². The number of nitrogens with one attached hydrogen (secondary N) is 1. The summed E-state index contributed by atoms with van der Waals surface area (Å²) in [6, 6.07) is 13.3. The van der Waals surface area contributed by atoms with Crippen LogP contribution < -0.4 is 5.32 Å². The predicted octanol–water partition coefficient (Wildman–Crippen LogP) is 4.26. The van der Waals surface area contributed by atoms with E-state index in [1.807, 2.05) is 6.07 Å². The van der Waals surface area contributed by atoms with Crippen molar-refractivity contribution >= 4 is 0 Å². The molecule has 122 valence electrons. The Bertz CT molecular complexity index is 687. The lowest BCUT2D eigenvalue weighted by atomic mass is 9.84. The zero-order valence-electron chi connectivity index (χ0n) is 14.6. The summed E-state index contributed by atoms with van der Waals surface area (Å²) in [6.45, 7) is 9.35. The Balaban J connectivity index is 1.72. The number of phenols is 1. The normalized spacial score (nSPS) is 15.0. The van der Waals surface area contributed by atoms with Crippen molar-refractivity contribution in [1.29, 1.82) is 0 Å². The van der Waals surface area contributed by atoms with E-state index in [1.165, 1.54) is 16.7 Å². The molecule has 0 unspecified atom stereocenters. The molecule has 0 bridgehead atoms. The van der Waals surface area contributed by atoms with Gasteiger partial charge in [0.25, 0.3) is 0 Å². The summed E-state index contributed by atoms with van der Waals surface area (Å²) in [4.78, 5) is 0. The fraction of sp³-hybridized carbons (Fsp3) is 0.429. The molecular weight excluding hydrogens is 282 g/mol. The molecule has 3 rings (SSSR count). The number of hydrogen-bond acceptors (Lipinski definition) is 2. The Kier molecular flexibility index (Phi) is 4.20. The van der Waals surface area contributed by atoms with Crippen molar-refractivity contribution in [3.63, 3.8) is 0 Å². The van der Waals surface area contributed by atoms with E-state index in [-0.39, 0.29) is 5.41 Å². The monoisotopic (exact) mass is 309 g/mol. The minimum absolute atomic E-state index is 0.0455. The van der Waals surface area contributed by atoms with Crippen LogP contribution in [0.4, 0.5) is 0 Å². The molecule has 0 heterocycles. The summed E-state index contributed by atoms with van der Waals surface area (Å²) < 4.78 is 0. The van der Waals surface area contributed by atoms with Gasteiger partial charge >= 0.3 is 0 Å². The Morgan fingerprint density at radius 2 is 1.70 bits per heavy atom. The molecule has 0 saturated carbocycles. The molecule has 1 aliphatic rings. The lowest BCUT2D eigenvalue weighted by Gasteiger charge is -2.23. The second kappa shape index (κ2) is 6.01. The molecule has 0 atom stereocenters. The molecule has 0 saturated heterocycles. The number of hydrogen-bond donors (Lipinski definition) is 2. The third-order valence-corrected chi connectivity index (χ3v) is 4.89. The molecule has 2 aromatic carbocycles. The van der Waals surface area contributed by atoms with Crippen LogP contribution in [0, 0.1) is 6.92 Å². The number of benzene rings is 2. The molecule has 0 amide bonds. The summed E-state index contributed by atoms with van der Waals surface area (Å²) in [5.74, 6) is 0.409. The molecular formula is C21H27NO. The van der Waals surface area contributed by atoms with E-state index < -0.39 is 0 Å². The largest absolute Gasteiger partial charge is 0.508 e. The van der Waals surface area contributed by atoms with Gasteiger partial charge in [-0.3, -0.25) is 0 Å². The SMILES string of the molecule is Cc1cc(O)c(C(C)(C)C)cc1CNC1Cc2ccccc2C1. The van der Waals surface area contributed by atoms with Gasteiger partial charge in [0.05, 0.1) is 0 Å². The highest BCUT2D eigenvalue weighted by Gasteiger charge is 2.22. The maximum Gasteiger partial charge on any atom is 0.119 e. The average Bonchev–Trinajstić information content (AvgIpc) is 2.87. The molecule has 0 radical (unpaired) electrons. The predicted molar refractivity (Wildman–Crippen MR) is 96.0 cm³/mol. The fourth-order valence-corrected chi connectivity index (χ4v) is 3.49. The molecule has 23 heavy (non-hydrogen) atoms.